The molecule has 0 saturated carbocycles. The van der Waals surface area contributed by atoms with Crippen molar-refractivity contribution >= 4 is 35.0 Å². The molecule has 0 amide bonds. The van der Waals surface area contributed by atoms with Crippen molar-refractivity contribution in [2.75, 3.05) is 25.2 Å². The molecule has 0 radical (unpaired) electrons. The van der Waals surface area contributed by atoms with Crippen LogP contribution in [0.3, 0.4) is 0 Å². The Morgan fingerprint density at radius 1 is 1.08 bits per heavy atom. The number of thioether (sulfide) groups is 1. The van der Waals surface area contributed by atoms with Gasteiger partial charge in [-0.15, -0.1) is 0 Å². The summed E-state index contributed by atoms with van der Waals surface area (Å²) in [5.74, 6) is -0.139. The summed E-state index contributed by atoms with van der Waals surface area (Å²) in [6.07, 6.45) is 2.63. The summed E-state index contributed by atoms with van der Waals surface area (Å²) in [6, 6.07) is 9.35. The molecule has 0 spiro atoms. The van der Waals surface area contributed by atoms with Crippen LogP contribution in [-0.2, 0) is 19.1 Å². The van der Waals surface area contributed by atoms with Gasteiger partial charge in [0.05, 0.1) is 24.3 Å². The minimum absolute atomic E-state index is 0.199. The zero-order chi connectivity index (χ0) is 19.2. The zero-order valence-electron chi connectivity index (χ0n) is 15.7. The molecule has 26 heavy (non-hydrogen) atoms. The van der Waals surface area contributed by atoms with Crippen molar-refractivity contribution in [3.05, 3.63) is 41.5 Å². The molecule has 0 fully saturated rings. The fourth-order valence-electron chi connectivity index (χ4n) is 2.99. The van der Waals surface area contributed by atoms with Crippen LogP contribution in [0.5, 0.6) is 0 Å². The second-order valence-corrected chi connectivity index (χ2v) is 7.02. The van der Waals surface area contributed by atoms with Crippen LogP contribution in [0.2, 0.25) is 0 Å². The van der Waals surface area contributed by atoms with Gasteiger partial charge in [-0.1, -0.05) is 30.3 Å². The molecule has 1 unspecified atom stereocenters. The van der Waals surface area contributed by atoms with E-state index in [-0.39, 0.29) is 18.9 Å². The summed E-state index contributed by atoms with van der Waals surface area (Å²) >= 11 is 1.67. The number of rotatable bonds is 8. The van der Waals surface area contributed by atoms with Gasteiger partial charge < -0.3 is 9.47 Å². The van der Waals surface area contributed by atoms with Gasteiger partial charge in [0.15, 0.2) is 5.71 Å². The Bertz CT molecular complexity index is 727. The van der Waals surface area contributed by atoms with Crippen LogP contribution in [-0.4, -0.2) is 48.4 Å². The number of carbonyl (C=O) groups is 2. The van der Waals surface area contributed by atoms with Crippen molar-refractivity contribution in [3.8, 4) is 0 Å². The van der Waals surface area contributed by atoms with E-state index >= 15 is 0 Å². The molecule has 5 nitrogen and oxygen atoms in total. The number of aliphatic imine (C=N–C) groups is 1. The number of benzene rings is 1. The van der Waals surface area contributed by atoms with E-state index in [1.165, 1.54) is 0 Å². The quantitative estimate of drug-likeness (QED) is 0.650. The monoisotopic (exact) mass is 375 g/mol. The van der Waals surface area contributed by atoms with Crippen LogP contribution >= 0.6 is 11.8 Å². The molecule has 1 aliphatic rings. The lowest BCUT2D eigenvalue weighted by molar-refractivity contribution is -0.139. The van der Waals surface area contributed by atoms with E-state index in [0.717, 1.165) is 11.3 Å². The average molecular weight is 375 g/mol. The van der Waals surface area contributed by atoms with Crippen molar-refractivity contribution in [3.63, 3.8) is 0 Å². The van der Waals surface area contributed by atoms with E-state index in [2.05, 4.69) is 4.99 Å². The highest BCUT2D eigenvalue weighted by molar-refractivity contribution is 7.98. The van der Waals surface area contributed by atoms with Gasteiger partial charge in [-0.3, -0.25) is 4.99 Å². The number of esters is 2. The first-order chi connectivity index (χ1) is 12.5. The van der Waals surface area contributed by atoms with Crippen molar-refractivity contribution in [2.24, 2.45) is 4.99 Å². The molecule has 1 aliphatic heterocycles. The van der Waals surface area contributed by atoms with E-state index in [1.54, 1.807) is 25.6 Å². The summed E-state index contributed by atoms with van der Waals surface area (Å²) in [4.78, 5) is 30.1. The molecule has 6 heteroatoms. The van der Waals surface area contributed by atoms with Gasteiger partial charge in [-0.2, -0.15) is 11.8 Å². The summed E-state index contributed by atoms with van der Waals surface area (Å²) in [5, 5.41) is 0. The third kappa shape index (κ3) is 4.18. The molecule has 1 atom stereocenters. The van der Waals surface area contributed by atoms with Crippen molar-refractivity contribution in [1.29, 1.82) is 0 Å². The Labute approximate surface area is 158 Å². The first-order valence-electron chi connectivity index (χ1n) is 8.72. The molecule has 2 rings (SSSR count). The molecular formula is C20H25NO4S. The van der Waals surface area contributed by atoms with Gasteiger partial charge in [0.1, 0.15) is 0 Å². The predicted molar refractivity (Wildman–Crippen MR) is 105 cm³/mol. The highest BCUT2D eigenvalue weighted by Crippen LogP contribution is 2.41. The normalized spacial score (nSPS) is 19.3. The lowest BCUT2D eigenvalue weighted by atomic mass is 9.86. The summed E-state index contributed by atoms with van der Waals surface area (Å²) in [5.41, 5.74) is 1.09. The standard InChI is InChI=1S/C20H25NO4S/c1-5-24-18(22)16-15(14-10-8-7-9-11-14)17(19(23)25-6-2)21-20(16,3)12-13-26-4/h7-11H,5-6,12-13H2,1-4H3. The third-order valence-corrected chi connectivity index (χ3v) is 4.80. The van der Waals surface area contributed by atoms with Gasteiger partial charge in [0, 0.05) is 5.57 Å². The van der Waals surface area contributed by atoms with Crippen molar-refractivity contribution in [1.82, 2.24) is 0 Å². The van der Waals surface area contributed by atoms with E-state index < -0.39 is 17.5 Å². The molecule has 1 heterocycles. The Hall–Kier alpha value is -2.08. The molecule has 1 aromatic carbocycles. The SMILES string of the molecule is CCOC(=O)C1=NC(C)(CCSC)C(C(=O)OCC)=C1c1ccccc1. The first-order valence-corrected chi connectivity index (χ1v) is 10.1. The molecule has 0 bridgehead atoms. The lowest BCUT2D eigenvalue weighted by Crippen LogP contribution is -2.30. The Morgan fingerprint density at radius 3 is 2.27 bits per heavy atom. The van der Waals surface area contributed by atoms with Gasteiger partial charge in [-0.05, 0) is 44.8 Å². The number of carbonyl (C=O) groups excluding carboxylic acids is 2. The summed E-state index contributed by atoms with van der Waals surface area (Å²) in [7, 11) is 0. The largest absolute Gasteiger partial charge is 0.463 e. The van der Waals surface area contributed by atoms with Crippen LogP contribution in [0, 0.1) is 0 Å². The molecule has 0 saturated heterocycles. The zero-order valence-corrected chi connectivity index (χ0v) is 16.5. The maximum absolute atomic E-state index is 12.8. The Kier molecular flexibility index (Phi) is 7.03. The van der Waals surface area contributed by atoms with Gasteiger partial charge >= 0.3 is 11.9 Å². The predicted octanol–water partition coefficient (Wildman–Crippen LogP) is 3.53. The minimum Gasteiger partial charge on any atom is -0.463 e. The van der Waals surface area contributed by atoms with E-state index in [1.807, 2.05) is 43.5 Å². The number of hydrogen-bond donors (Lipinski definition) is 0. The number of hydrogen-bond acceptors (Lipinski definition) is 6. The topological polar surface area (TPSA) is 65.0 Å². The van der Waals surface area contributed by atoms with Crippen LogP contribution in [0.15, 0.2) is 40.9 Å². The van der Waals surface area contributed by atoms with E-state index in [9.17, 15) is 9.59 Å². The highest BCUT2D eigenvalue weighted by Gasteiger charge is 2.45. The minimum atomic E-state index is -0.817. The third-order valence-electron chi connectivity index (χ3n) is 4.19. The van der Waals surface area contributed by atoms with Gasteiger partial charge in [0.25, 0.3) is 0 Å². The molecular weight excluding hydrogens is 350 g/mol. The number of ether oxygens (including phenoxy) is 2. The van der Waals surface area contributed by atoms with Crippen LogP contribution in [0.1, 0.15) is 32.8 Å². The second kappa shape index (κ2) is 9.03. The maximum atomic E-state index is 12.8. The fourth-order valence-corrected chi connectivity index (χ4v) is 3.59. The maximum Gasteiger partial charge on any atom is 0.357 e. The van der Waals surface area contributed by atoms with Crippen molar-refractivity contribution < 1.29 is 19.1 Å². The fraction of sp³-hybridized carbons (Fsp3) is 0.450. The average Bonchev–Trinajstić information content (AvgIpc) is 2.95. The number of nitrogens with zero attached hydrogens (tertiary/aromatic N) is 1. The Morgan fingerprint density at radius 2 is 1.69 bits per heavy atom. The Balaban J connectivity index is 2.67. The highest BCUT2D eigenvalue weighted by atomic mass is 32.2. The van der Waals surface area contributed by atoms with Crippen LogP contribution in [0.25, 0.3) is 5.57 Å². The van der Waals surface area contributed by atoms with E-state index in [0.29, 0.717) is 17.6 Å². The second-order valence-electron chi connectivity index (χ2n) is 6.03. The first kappa shape index (κ1) is 20.2. The molecule has 0 aromatic heterocycles. The molecule has 140 valence electrons. The summed E-state index contributed by atoms with van der Waals surface area (Å²) in [6.45, 7) is 5.90. The summed E-state index contributed by atoms with van der Waals surface area (Å²) < 4.78 is 10.5. The molecule has 0 aliphatic carbocycles. The van der Waals surface area contributed by atoms with Gasteiger partial charge in [-0.25, -0.2) is 9.59 Å². The van der Waals surface area contributed by atoms with Crippen molar-refractivity contribution in [2.45, 2.75) is 32.7 Å². The molecule has 1 aromatic rings. The lowest BCUT2D eigenvalue weighted by Gasteiger charge is -2.24. The smallest absolute Gasteiger partial charge is 0.357 e. The van der Waals surface area contributed by atoms with Gasteiger partial charge in [0.2, 0.25) is 0 Å². The molecule has 0 N–H and O–H groups in total. The van der Waals surface area contributed by atoms with E-state index in [4.69, 9.17) is 9.47 Å². The van der Waals surface area contributed by atoms with Crippen LogP contribution < -0.4 is 0 Å². The van der Waals surface area contributed by atoms with Crippen LogP contribution in [0.4, 0.5) is 0 Å².